The molecule has 7 nitrogen and oxygen atoms in total. The number of carbonyl (C=O) groups excluding carboxylic acids is 3. The quantitative estimate of drug-likeness (QED) is 0.430. The van der Waals surface area contributed by atoms with Crippen LogP contribution in [0.4, 0.5) is 4.79 Å². The van der Waals surface area contributed by atoms with E-state index in [2.05, 4.69) is 15.4 Å². The van der Waals surface area contributed by atoms with Gasteiger partial charge in [0.15, 0.2) is 0 Å². The second-order valence-corrected chi connectivity index (χ2v) is 5.48. The van der Waals surface area contributed by atoms with Crippen molar-refractivity contribution >= 4 is 18.0 Å². The van der Waals surface area contributed by atoms with Gasteiger partial charge in [0.2, 0.25) is 5.91 Å². The third-order valence-corrected chi connectivity index (χ3v) is 3.47. The molecule has 1 aromatic carbocycles. The molecular formula is C17H22N2O5. The molecule has 0 bridgehead atoms. The van der Waals surface area contributed by atoms with Gasteiger partial charge < -0.3 is 20.1 Å². The molecule has 1 aliphatic rings. The summed E-state index contributed by atoms with van der Waals surface area (Å²) in [6, 6.07) is 6.20. The molecule has 2 rings (SSSR count). The third-order valence-electron chi connectivity index (χ3n) is 3.47. The van der Waals surface area contributed by atoms with Gasteiger partial charge in [-0.25, -0.2) is 4.79 Å². The van der Waals surface area contributed by atoms with E-state index in [1.165, 1.54) is 12.1 Å². The molecule has 0 aromatic heterocycles. The van der Waals surface area contributed by atoms with Crippen molar-refractivity contribution < 1.29 is 23.9 Å². The topological polar surface area (TPSA) is 93.7 Å². The maximum atomic E-state index is 12.0. The molecule has 1 aliphatic carbocycles. The Labute approximate surface area is 140 Å². The number of rotatable bonds is 8. The molecule has 1 fully saturated rings. The maximum Gasteiger partial charge on any atom is 0.513 e. The van der Waals surface area contributed by atoms with E-state index in [0.29, 0.717) is 30.8 Å². The number of carbonyl (C=O) groups is 3. The molecule has 0 atom stereocenters. The first-order chi connectivity index (χ1) is 11.6. The Hall–Kier alpha value is -2.57. The van der Waals surface area contributed by atoms with Gasteiger partial charge in [-0.1, -0.05) is 0 Å². The predicted molar refractivity (Wildman–Crippen MR) is 86.8 cm³/mol. The van der Waals surface area contributed by atoms with Crippen molar-refractivity contribution in [3.05, 3.63) is 29.8 Å². The predicted octanol–water partition coefficient (Wildman–Crippen LogP) is 1.87. The van der Waals surface area contributed by atoms with Gasteiger partial charge in [-0.3, -0.25) is 9.59 Å². The van der Waals surface area contributed by atoms with Crippen molar-refractivity contribution in [3.63, 3.8) is 0 Å². The van der Waals surface area contributed by atoms with Crippen LogP contribution < -0.4 is 15.4 Å². The second kappa shape index (κ2) is 8.90. The number of hydrogen-bond donors (Lipinski definition) is 2. The van der Waals surface area contributed by atoms with Crippen LogP contribution in [0.5, 0.6) is 5.75 Å². The summed E-state index contributed by atoms with van der Waals surface area (Å²) in [5.74, 6) is 0.410. The average Bonchev–Trinajstić information content (AvgIpc) is 3.40. The highest BCUT2D eigenvalue weighted by atomic mass is 16.7. The molecule has 24 heavy (non-hydrogen) atoms. The Kier molecular flexibility index (Phi) is 6.60. The van der Waals surface area contributed by atoms with E-state index in [0.717, 1.165) is 12.8 Å². The van der Waals surface area contributed by atoms with E-state index in [-0.39, 0.29) is 24.3 Å². The van der Waals surface area contributed by atoms with Crippen molar-refractivity contribution in [1.82, 2.24) is 10.6 Å². The highest BCUT2D eigenvalue weighted by Gasteiger charge is 2.28. The van der Waals surface area contributed by atoms with E-state index in [1.54, 1.807) is 19.1 Å². The number of ether oxygens (including phenoxy) is 2. The molecule has 0 unspecified atom stereocenters. The smallest absolute Gasteiger partial charge is 0.434 e. The van der Waals surface area contributed by atoms with Crippen LogP contribution in [0.1, 0.15) is 36.5 Å². The first-order valence-electron chi connectivity index (χ1n) is 8.10. The van der Waals surface area contributed by atoms with E-state index in [4.69, 9.17) is 4.74 Å². The van der Waals surface area contributed by atoms with Crippen LogP contribution in [0.3, 0.4) is 0 Å². The largest absolute Gasteiger partial charge is 0.513 e. The molecule has 1 saturated carbocycles. The van der Waals surface area contributed by atoms with E-state index in [1.807, 2.05) is 0 Å². The molecule has 0 heterocycles. The number of benzene rings is 1. The first kappa shape index (κ1) is 17.8. The van der Waals surface area contributed by atoms with Gasteiger partial charge >= 0.3 is 6.16 Å². The van der Waals surface area contributed by atoms with Crippen molar-refractivity contribution in [1.29, 1.82) is 0 Å². The molecule has 130 valence electrons. The molecule has 0 spiro atoms. The van der Waals surface area contributed by atoms with Crippen LogP contribution in [-0.4, -0.2) is 37.7 Å². The van der Waals surface area contributed by atoms with Crippen molar-refractivity contribution in [3.8, 4) is 5.75 Å². The second-order valence-electron chi connectivity index (χ2n) is 5.48. The number of hydrogen-bond acceptors (Lipinski definition) is 5. The van der Waals surface area contributed by atoms with Crippen LogP contribution in [0.2, 0.25) is 0 Å². The lowest BCUT2D eigenvalue weighted by molar-refractivity contribution is -0.122. The molecule has 0 aliphatic heterocycles. The molecule has 0 saturated heterocycles. The van der Waals surface area contributed by atoms with Crippen LogP contribution in [0.25, 0.3) is 0 Å². The highest BCUT2D eigenvalue weighted by Crippen LogP contribution is 2.28. The monoisotopic (exact) mass is 334 g/mol. The van der Waals surface area contributed by atoms with Crippen LogP contribution in [-0.2, 0) is 9.53 Å². The van der Waals surface area contributed by atoms with Crippen molar-refractivity contribution in [2.75, 3.05) is 19.7 Å². The summed E-state index contributed by atoms with van der Waals surface area (Å²) in [6.45, 7) is 2.96. The minimum absolute atomic E-state index is 0.110. The van der Waals surface area contributed by atoms with Gasteiger partial charge in [0.05, 0.1) is 6.61 Å². The minimum atomic E-state index is -0.775. The Balaban J connectivity index is 1.66. The first-order valence-corrected chi connectivity index (χ1v) is 8.10. The van der Waals surface area contributed by atoms with Gasteiger partial charge in [0, 0.05) is 24.6 Å². The lowest BCUT2D eigenvalue weighted by Crippen LogP contribution is -2.30. The fourth-order valence-electron chi connectivity index (χ4n) is 2.01. The molecule has 0 radical (unpaired) electrons. The number of nitrogens with one attached hydrogen (secondary N) is 2. The summed E-state index contributed by atoms with van der Waals surface area (Å²) in [5.41, 5.74) is 0.466. The summed E-state index contributed by atoms with van der Waals surface area (Å²) in [6.07, 6.45) is 1.87. The Morgan fingerprint density at radius 1 is 1.08 bits per heavy atom. The summed E-state index contributed by atoms with van der Waals surface area (Å²) in [4.78, 5) is 34.6. The average molecular weight is 334 g/mol. The lowest BCUT2D eigenvalue weighted by atomic mass is 10.2. The number of amides is 2. The molecule has 1 aromatic rings. The van der Waals surface area contributed by atoms with Gasteiger partial charge in [-0.15, -0.1) is 0 Å². The third kappa shape index (κ3) is 5.91. The molecule has 2 N–H and O–H groups in total. The van der Waals surface area contributed by atoms with Gasteiger partial charge in [0.1, 0.15) is 5.75 Å². The summed E-state index contributed by atoms with van der Waals surface area (Å²) < 4.78 is 9.58. The minimum Gasteiger partial charge on any atom is -0.434 e. The normalized spacial score (nSPS) is 13.0. The molecular weight excluding hydrogens is 312 g/mol. The van der Waals surface area contributed by atoms with E-state index in [9.17, 15) is 14.4 Å². The SMILES string of the molecule is CCOC(=O)Oc1ccc(C(=O)NCCCNC(=O)C2CC2)cc1. The Morgan fingerprint density at radius 2 is 1.75 bits per heavy atom. The maximum absolute atomic E-state index is 12.0. The fourth-order valence-corrected chi connectivity index (χ4v) is 2.01. The van der Waals surface area contributed by atoms with Gasteiger partial charge in [-0.05, 0) is 50.5 Å². The van der Waals surface area contributed by atoms with E-state index >= 15 is 0 Å². The molecule has 2 amide bonds. The fraction of sp³-hybridized carbons (Fsp3) is 0.471. The Bertz CT molecular complexity index is 581. The molecule has 7 heteroatoms. The summed E-state index contributed by atoms with van der Waals surface area (Å²) >= 11 is 0. The zero-order valence-electron chi connectivity index (χ0n) is 13.7. The van der Waals surface area contributed by atoms with Gasteiger partial charge in [-0.2, -0.15) is 0 Å². The zero-order valence-corrected chi connectivity index (χ0v) is 13.7. The van der Waals surface area contributed by atoms with Gasteiger partial charge in [0.25, 0.3) is 5.91 Å². The highest BCUT2D eigenvalue weighted by molar-refractivity contribution is 5.94. The summed E-state index contributed by atoms with van der Waals surface area (Å²) in [5, 5.41) is 5.62. The standard InChI is InChI=1S/C17H22N2O5/c1-2-23-17(22)24-14-8-6-13(7-9-14)16(21)19-11-3-10-18-15(20)12-4-5-12/h6-9,12H,2-5,10-11H2,1H3,(H,18,20)(H,19,21). The van der Waals surface area contributed by atoms with Crippen LogP contribution in [0, 0.1) is 5.92 Å². The van der Waals surface area contributed by atoms with Crippen molar-refractivity contribution in [2.24, 2.45) is 5.92 Å². The van der Waals surface area contributed by atoms with E-state index < -0.39 is 6.16 Å². The zero-order chi connectivity index (χ0) is 17.4. The Morgan fingerprint density at radius 3 is 2.38 bits per heavy atom. The lowest BCUT2D eigenvalue weighted by Gasteiger charge is -2.07. The van der Waals surface area contributed by atoms with Crippen molar-refractivity contribution in [2.45, 2.75) is 26.2 Å². The van der Waals surface area contributed by atoms with Crippen LogP contribution >= 0.6 is 0 Å². The van der Waals surface area contributed by atoms with Crippen LogP contribution in [0.15, 0.2) is 24.3 Å². The summed E-state index contributed by atoms with van der Waals surface area (Å²) in [7, 11) is 0.